The van der Waals surface area contributed by atoms with E-state index >= 15 is 0 Å². The summed E-state index contributed by atoms with van der Waals surface area (Å²) in [6, 6.07) is 7.05. The van der Waals surface area contributed by atoms with Gasteiger partial charge >= 0.3 is 0 Å². The van der Waals surface area contributed by atoms with Crippen molar-refractivity contribution in [3.05, 3.63) is 57.3 Å². The van der Waals surface area contributed by atoms with Crippen LogP contribution in [0.4, 0.5) is 5.82 Å². The Hall–Kier alpha value is -1.98. The number of allylic oxidation sites excluding steroid dienone is 1. The number of halogens is 2. The van der Waals surface area contributed by atoms with E-state index < -0.39 is 0 Å². The molecule has 0 saturated carbocycles. The van der Waals surface area contributed by atoms with Crippen molar-refractivity contribution in [1.82, 2.24) is 14.7 Å². The van der Waals surface area contributed by atoms with Crippen LogP contribution in [-0.4, -0.2) is 33.7 Å². The molecule has 1 unspecified atom stereocenters. The predicted octanol–water partition coefficient (Wildman–Crippen LogP) is 4.10. The third kappa shape index (κ3) is 2.81. The summed E-state index contributed by atoms with van der Waals surface area (Å²) in [6.07, 6.45) is 3.83. The normalized spacial score (nSPS) is 19.8. The molecule has 1 amide bonds. The molecule has 25 heavy (non-hydrogen) atoms. The minimum absolute atomic E-state index is 0.0553. The van der Waals surface area contributed by atoms with Crippen LogP contribution in [0.25, 0.3) is 0 Å². The van der Waals surface area contributed by atoms with Gasteiger partial charge < -0.3 is 10.2 Å². The zero-order valence-electron chi connectivity index (χ0n) is 13.8. The third-order valence-electron chi connectivity index (χ3n) is 4.79. The van der Waals surface area contributed by atoms with Crippen molar-refractivity contribution < 1.29 is 4.79 Å². The molecule has 2 aliphatic rings. The van der Waals surface area contributed by atoms with Crippen LogP contribution in [0.2, 0.25) is 10.0 Å². The molecule has 1 aromatic heterocycles. The number of nitrogens with zero attached hydrogens (tertiary/aromatic N) is 3. The van der Waals surface area contributed by atoms with Crippen molar-refractivity contribution in [3.63, 3.8) is 0 Å². The van der Waals surface area contributed by atoms with E-state index in [1.54, 1.807) is 12.3 Å². The molecule has 0 aliphatic carbocycles. The average molecular weight is 377 g/mol. The highest BCUT2D eigenvalue weighted by atomic mass is 35.5. The van der Waals surface area contributed by atoms with Gasteiger partial charge in [-0.2, -0.15) is 5.10 Å². The fourth-order valence-corrected chi connectivity index (χ4v) is 3.87. The van der Waals surface area contributed by atoms with Gasteiger partial charge in [0.1, 0.15) is 11.9 Å². The Morgan fingerprint density at radius 3 is 2.68 bits per heavy atom. The Kier molecular flexibility index (Phi) is 4.21. The molecule has 130 valence electrons. The van der Waals surface area contributed by atoms with Crippen LogP contribution in [0.1, 0.15) is 31.4 Å². The number of nitrogens with one attached hydrogen (secondary N) is 1. The molecule has 2 aromatic rings. The zero-order valence-corrected chi connectivity index (χ0v) is 15.3. The van der Waals surface area contributed by atoms with E-state index in [9.17, 15) is 4.79 Å². The smallest absolute Gasteiger partial charge is 0.254 e. The van der Waals surface area contributed by atoms with Gasteiger partial charge in [-0.3, -0.25) is 4.79 Å². The molecule has 3 heterocycles. The van der Waals surface area contributed by atoms with Crippen LogP contribution >= 0.6 is 23.2 Å². The van der Waals surface area contributed by atoms with Gasteiger partial charge in [0.15, 0.2) is 0 Å². The van der Waals surface area contributed by atoms with E-state index in [1.807, 2.05) is 34.7 Å². The fraction of sp³-hybridized carbons (Fsp3) is 0.333. The zero-order chi connectivity index (χ0) is 17.6. The molecule has 1 N–H and O–H groups in total. The number of carbonyl (C=O) groups is 1. The fourth-order valence-electron chi connectivity index (χ4n) is 3.56. The second kappa shape index (κ2) is 6.39. The summed E-state index contributed by atoms with van der Waals surface area (Å²) >= 11 is 12.3. The van der Waals surface area contributed by atoms with Crippen LogP contribution in [0.3, 0.4) is 0 Å². The Morgan fingerprint density at radius 2 is 1.96 bits per heavy atom. The van der Waals surface area contributed by atoms with E-state index in [0.29, 0.717) is 15.6 Å². The van der Waals surface area contributed by atoms with Crippen LogP contribution in [0.5, 0.6) is 0 Å². The summed E-state index contributed by atoms with van der Waals surface area (Å²) in [4.78, 5) is 15.1. The number of anilines is 1. The summed E-state index contributed by atoms with van der Waals surface area (Å²) in [5.41, 5.74) is 2.44. The predicted molar refractivity (Wildman–Crippen MR) is 99.0 cm³/mol. The Labute approximate surface area is 156 Å². The van der Waals surface area contributed by atoms with Crippen molar-refractivity contribution in [3.8, 4) is 0 Å². The van der Waals surface area contributed by atoms with Crippen LogP contribution in [0, 0.1) is 0 Å². The number of hydrogen-bond donors (Lipinski definition) is 1. The van der Waals surface area contributed by atoms with Gasteiger partial charge in [0.25, 0.3) is 5.91 Å². The van der Waals surface area contributed by atoms with Crippen molar-refractivity contribution in [2.75, 3.05) is 18.4 Å². The lowest BCUT2D eigenvalue weighted by Crippen LogP contribution is -2.36. The summed E-state index contributed by atoms with van der Waals surface area (Å²) in [7, 11) is 0. The van der Waals surface area contributed by atoms with Gasteiger partial charge in [-0.1, -0.05) is 29.3 Å². The van der Waals surface area contributed by atoms with Crippen molar-refractivity contribution in [2.45, 2.75) is 25.8 Å². The van der Waals surface area contributed by atoms with Crippen LogP contribution in [-0.2, 0) is 4.79 Å². The van der Waals surface area contributed by atoms with E-state index in [1.165, 1.54) is 0 Å². The summed E-state index contributed by atoms with van der Waals surface area (Å²) in [6.45, 7) is 3.54. The second-order valence-electron chi connectivity index (χ2n) is 6.40. The maximum atomic E-state index is 13.2. The van der Waals surface area contributed by atoms with Gasteiger partial charge in [-0.15, -0.1) is 0 Å². The molecule has 1 aromatic carbocycles. The second-order valence-corrected chi connectivity index (χ2v) is 7.21. The number of likely N-dealkylation sites (tertiary alicyclic amines) is 1. The summed E-state index contributed by atoms with van der Waals surface area (Å²) in [5, 5.41) is 8.69. The molecule has 0 spiro atoms. The van der Waals surface area contributed by atoms with Gasteiger partial charge in [0.05, 0.1) is 21.8 Å². The van der Waals surface area contributed by atoms with Gasteiger partial charge in [0, 0.05) is 24.9 Å². The quantitative estimate of drug-likeness (QED) is 0.857. The highest BCUT2D eigenvalue weighted by molar-refractivity contribution is 6.42. The van der Waals surface area contributed by atoms with Gasteiger partial charge in [0.2, 0.25) is 0 Å². The number of rotatable bonds is 2. The van der Waals surface area contributed by atoms with Crippen molar-refractivity contribution in [1.29, 1.82) is 0 Å². The number of fused-ring (bicyclic) bond motifs is 1. The largest absolute Gasteiger partial charge is 0.344 e. The first-order valence-corrected chi connectivity index (χ1v) is 9.07. The van der Waals surface area contributed by atoms with Crippen molar-refractivity contribution >= 4 is 34.9 Å². The van der Waals surface area contributed by atoms with Gasteiger partial charge in [-0.05, 0) is 37.5 Å². The number of hydrogen-bond acceptors (Lipinski definition) is 3. The number of amides is 1. The molecule has 7 heteroatoms. The summed E-state index contributed by atoms with van der Waals surface area (Å²) < 4.78 is 1.83. The highest BCUT2D eigenvalue weighted by Gasteiger charge is 2.35. The lowest BCUT2D eigenvalue weighted by molar-refractivity contribution is -0.126. The van der Waals surface area contributed by atoms with Gasteiger partial charge in [-0.25, -0.2) is 4.68 Å². The molecule has 0 bridgehead atoms. The number of aromatic nitrogens is 2. The average Bonchev–Trinajstić information content (AvgIpc) is 3.26. The van der Waals surface area contributed by atoms with Crippen LogP contribution < -0.4 is 5.32 Å². The lowest BCUT2D eigenvalue weighted by atomic mass is 9.94. The van der Waals surface area contributed by atoms with E-state index in [4.69, 9.17) is 23.2 Å². The summed E-state index contributed by atoms with van der Waals surface area (Å²) in [5.74, 6) is 0.909. The topological polar surface area (TPSA) is 50.2 Å². The maximum Gasteiger partial charge on any atom is 0.254 e. The minimum Gasteiger partial charge on any atom is -0.344 e. The third-order valence-corrected chi connectivity index (χ3v) is 5.53. The van der Waals surface area contributed by atoms with E-state index in [-0.39, 0.29) is 11.9 Å². The van der Waals surface area contributed by atoms with Crippen molar-refractivity contribution in [2.24, 2.45) is 0 Å². The molecule has 0 radical (unpaired) electrons. The molecule has 1 fully saturated rings. The first-order valence-electron chi connectivity index (χ1n) is 8.32. The first-order chi connectivity index (χ1) is 12.1. The highest BCUT2D eigenvalue weighted by Crippen LogP contribution is 2.38. The molecular weight excluding hydrogens is 359 g/mol. The molecule has 1 atom stereocenters. The number of carbonyl (C=O) groups excluding carboxylic acids is 1. The molecule has 5 nitrogen and oxygen atoms in total. The lowest BCUT2D eigenvalue weighted by Gasteiger charge is -2.32. The van der Waals surface area contributed by atoms with E-state index in [2.05, 4.69) is 10.4 Å². The minimum atomic E-state index is -0.325. The Morgan fingerprint density at radius 1 is 1.20 bits per heavy atom. The number of benzene rings is 1. The first kappa shape index (κ1) is 16.5. The Balaban J connectivity index is 1.84. The molecule has 4 rings (SSSR count). The SMILES string of the molecule is CC1=C(C(=O)N2CCCC2)C(c2ccc(Cl)c(Cl)c2)n2nccc2N1. The Bertz CT molecular complexity index is 868. The maximum absolute atomic E-state index is 13.2. The van der Waals surface area contributed by atoms with E-state index in [0.717, 1.165) is 43.0 Å². The molecule has 2 aliphatic heterocycles. The van der Waals surface area contributed by atoms with Crippen LogP contribution in [0.15, 0.2) is 41.7 Å². The standard InChI is InChI=1S/C18H18Cl2N4O/c1-11-16(18(25)23-8-2-3-9-23)17(24-15(22-11)6-7-21-24)12-4-5-13(19)14(20)10-12/h4-7,10,17,22H,2-3,8-9H2,1H3. The molecule has 1 saturated heterocycles. The molecular formula is C18H18Cl2N4O. The monoisotopic (exact) mass is 376 g/mol.